The third-order valence-electron chi connectivity index (χ3n) is 11.2. The van der Waals surface area contributed by atoms with Crippen molar-refractivity contribution in [3.05, 3.63) is 212 Å². The first kappa shape index (κ1) is 34.3. The Labute approximate surface area is 341 Å². The van der Waals surface area contributed by atoms with Crippen molar-refractivity contribution in [3.8, 4) is 78.7 Å². The monoisotopic (exact) mass is 753 g/mol. The number of benzene rings is 9. The average molecular weight is 754 g/mol. The molecule has 4 nitrogen and oxygen atoms in total. The Morgan fingerprint density at radius 3 is 1.41 bits per heavy atom. The summed E-state index contributed by atoms with van der Waals surface area (Å²) in [7, 11) is 0. The van der Waals surface area contributed by atoms with Gasteiger partial charge in [0.05, 0.1) is 0 Å². The molecule has 0 unspecified atom stereocenters. The van der Waals surface area contributed by atoms with Crippen LogP contribution in [0.15, 0.2) is 217 Å². The zero-order valence-electron chi connectivity index (χ0n) is 32.0. The second-order valence-electron chi connectivity index (χ2n) is 14.8. The number of aromatic nitrogens is 3. The highest BCUT2D eigenvalue weighted by molar-refractivity contribution is 6.16. The summed E-state index contributed by atoms with van der Waals surface area (Å²) < 4.78 is 6.95. The van der Waals surface area contributed by atoms with Crippen molar-refractivity contribution in [3.63, 3.8) is 0 Å². The van der Waals surface area contributed by atoms with Gasteiger partial charge >= 0.3 is 0 Å². The predicted molar refractivity (Wildman–Crippen MR) is 243 cm³/mol. The lowest BCUT2D eigenvalue weighted by Gasteiger charge is -2.12. The smallest absolute Gasteiger partial charge is 0.164 e. The van der Waals surface area contributed by atoms with Crippen molar-refractivity contribution in [2.75, 3.05) is 0 Å². The molecule has 276 valence electrons. The molecule has 0 spiro atoms. The lowest BCUT2D eigenvalue weighted by atomic mass is 9.96. The molecular formula is C55H35N3O. The van der Waals surface area contributed by atoms with Crippen LogP contribution in [0.5, 0.6) is 0 Å². The molecule has 59 heavy (non-hydrogen) atoms. The van der Waals surface area contributed by atoms with Crippen LogP contribution in [0.1, 0.15) is 0 Å². The maximum atomic E-state index is 6.95. The molecule has 11 aromatic rings. The van der Waals surface area contributed by atoms with Crippen LogP contribution in [-0.4, -0.2) is 15.0 Å². The maximum absolute atomic E-state index is 6.95. The van der Waals surface area contributed by atoms with E-state index in [-0.39, 0.29) is 0 Å². The van der Waals surface area contributed by atoms with Crippen LogP contribution in [0.4, 0.5) is 0 Å². The fraction of sp³-hybridized carbons (Fsp3) is 0. The van der Waals surface area contributed by atoms with Crippen molar-refractivity contribution in [2.24, 2.45) is 0 Å². The minimum absolute atomic E-state index is 0.577. The van der Waals surface area contributed by atoms with Gasteiger partial charge in [-0.3, -0.25) is 0 Å². The fourth-order valence-electron chi connectivity index (χ4n) is 8.21. The maximum Gasteiger partial charge on any atom is 0.164 e. The van der Waals surface area contributed by atoms with Gasteiger partial charge in [-0.25, -0.2) is 15.0 Å². The highest BCUT2D eigenvalue weighted by atomic mass is 16.3. The predicted octanol–water partition coefficient (Wildman–Crippen LogP) is 14.6. The number of para-hydroxylation sites is 1. The van der Waals surface area contributed by atoms with Crippen LogP contribution in [-0.2, 0) is 0 Å². The molecule has 0 saturated carbocycles. The first-order chi connectivity index (χ1) is 29.2. The van der Waals surface area contributed by atoms with Gasteiger partial charge in [0.2, 0.25) is 0 Å². The standard InChI is InChI=1S/C55H35N3O/c1-4-14-36(15-5-1)39-26-30-42(31-27-39)46-23-13-25-48-51-49(34-44(35-50(51)59-52(46)48)38-18-8-3-9-19-38)55-57-53(43-32-28-40(29-33-43)37-16-6-2-7-17-37)56-54(58-55)47-24-12-21-41-20-10-11-22-45(41)47/h1-35H. The Kier molecular flexibility index (Phi) is 8.45. The summed E-state index contributed by atoms with van der Waals surface area (Å²) in [6, 6.07) is 73.9. The molecule has 0 N–H and O–H groups in total. The van der Waals surface area contributed by atoms with E-state index in [1.54, 1.807) is 0 Å². The lowest BCUT2D eigenvalue weighted by Crippen LogP contribution is -2.01. The molecule has 0 atom stereocenters. The van der Waals surface area contributed by atoms with E-state index in [4.69, 9.17) is 19.4 Å². The molecule has 0 fully saturated rings. The Morgan fingerprint density at radius 1 is 0.288 bits per heavy atom. The topological polar surface area (TPSA) is 51.8 Å². The van der Waals surface area contributed by atoms with Crippen LogP contribution in [0.25, 0.3) is 111 Å². The van der Waals surface area contributed by atoms with Gasteiger partial charge in [0.25, 0.3) is 0 Å². The molecule has 0 bridgehead atoms. The zero-order valence-corrected chi connectivity index (χ0v) is 32.0. The third-order valence-corrected chi connectivity index (χ3v) is 11.2. The summed E-state index contributed by atoms with van der Waals surface area (Å²) in [5.41, 5.74) is 13.2. The van der Waals surface area contributed by atoms with E-state index in [9.17, 15) is 0 Å². The molecule has 2 aromatic heterocycles. The molecule has 9 aromatic carbocycles. The molecule has 11 rings (SSSR count). The van der Waals surface area contributed by atoms with E-state index < -0.39 is 0 Å². The number of fused-ring (bicyclic) bond motifs is 4. The van der Waals surface area contributed by atoms with Crippen molar-refractivity contribution in [1.29, 1.82) is 0 Å². The lowest BCUT2D eigenvalue weighted by molar-refractivity contribution is 0.670. The summed E-state index contributed by atoms with van der Waals surface area (Å²) in [5.74, 6) is 1.79. The molecule has 0 aliphatic heterocycles. The van der Waals surface area contributed by atoms with Crippen molar-refractivity contribution in [2.45, 2.75) is 0 Å². The summed E-state index contributed by atoms with van der Waals surface area (Å²) in [4.78, 5) is 15.8. The molecule has 4 heteroatoms. The number of rotatable bonds is 7. The van der Waals surface area contributed by atoms with E-state index in [1.807, 2.05) is 18.2 Å². The SMILES string of the molecule is c1ccc(-c2ccc(-c3nc(-c4cccc5ccccc45)nc(-c4cc(-c5ccccc5)cc5oc6c(-c7ccc(-c8ccccc8)cc7)cccc6c45)n3)cc2)cc1. The largest absolute Gasteiger partial charge is 0.455 e. The first-order valence-electron chi connectivity index (χ1n) is 19.8. The van der Waals surface area contributed by atoms with Gasteiger partial charge in [-0.1, -0.05) is 200 Å². The number of furan rings is 1. The minimum Gasteiger partial charge on any atom is -0.455 e. The first-order valence-corrected chi connectivity index (χ1v) is 19.8. The second kappa shape index (κ2) is 14.5. The molecule has 0 saturated heterocycles. The van der Waals surface area contributed by atoms with Gasteiger partial charge in [0.15, 0.2) is 17.5 Å². The Balaban J connectivity index is 1.14. The van der Waals surface area contributed by atoms with Crippen LogP contribution < -0.4 is 0 Å². The van der Waals surface area contributed by atoms with E-state index in [0.717, 1.165) is 82.8 Å². The molecule has 0 radical (unpaired) electrons. The van der Waals surface area contributed by atoms with Crippen molar-refractivity contribution in [1.82, 2.24) is 15.0 Å². The van der Waals surface area contributed by atoms with E-state index >= 15 is 0 Å². The number of nitrogens with zero attached hydrogens (tertiary/aromatic N) is 3. The highest BCUT2D eigenvalue weighted by Gasteiger charge is 2.22. The average Bonchev–Trinajstić information content (AvgIpc) is 3.71. The molecular weight excluding hydrogens is 719 g/mol. The quantitative estimate of drug-likeness (QED) is 0.163. The van der Waals surface area contributed by atoms with Crippen molar-refractivity contribution >= 4 is 32.7 Å². The third kappa shape index (κ3) is 6.34. The van der Waals surface area contributed by atoms with Gasteiger partial charge in [0, 0.05) is 33.0 Å². The highest BCUT2D eigenvalue weighted by Crippen LogP contribution is 2.43. The van der Waals surface area contributed by atoms with Gasteiger partial charge in [-0.05, 0) is 61.8 Å². The normalized spacial score (nSPS) is 11.4. The minimum atomic E-state index is 0.577. The summed E-state index contributed by atoms with van der Waals surface area (Å²) >= 11 is 0. The molecule has 2 heterocycles. The van der Waals surface area contributed by atoms with Crippen molar-refractivity contribution < 1.29 is 4.42 Å². The van der Waals surface area contributed by atoms with E-state index in [2.05, 4.69) is 194 Å². The fourth-order valence-corrected chi connectivity index (χ4v) is 8.21. The Bertz CT molecular complexity index is 3280. The summed E-state index contributed by atoms with van der Waals surface area (Å²) in [5, 5.41) is 4.17. The number of hydrogen-bond acceptors (Lipinski definition) is 4. The second-order valence-corrected chi connectivity index (χ2v) is 14.8. The van der Waals surface area contributed by atoms with Gasteiger partial charge in [-0.2, -0.15) is 0 Å². The summed E-state index contributed by atoms with van der Waals surface area (Å²) in [6.07, 6.45) is 0. The van der Waals surface area contributed by atoms with Gasteiger partial charge < -0.3 is 4.42 Å². The van der Waals surface area contributed by atoms with Crippen LogP contribution in [0.2, 0.25) is 0 Å². The molecule has 0 amide bonds. The van der Waals surface area contributed by atoms with Gasteiger partial charge in [0.1, 0.15) is 11.2 Å². The van der Waals surface area contributed by atoms with Crippen LogP contribution in [0.3, 0.4) is 0 Å². The molecule has 0 aliphatic carbocycles. The van der Waals surface area contributed by atoms with Crippen LogP contribution in [0, 0.1) is 0 Å². The van der Waals surface area contributed by atoms with E-state index in [0.29, 0.717) is 17.5 Å². The summed E-state index contributed by atoms with van der Waals surface area (Å²) in [6.45, 7) is 0. The number of hydrogen-bond donors (Lipinski definition) is 0. The Morgan fingerprint density at radius 2 is 0.746 bits per heavy atom. The molecule has 0 aliphatic rings. The zero-order chi connectivity index (χ0) is 39.1. The van der Waals surface area contributed by atoms with Crippen LogP contribution >= 0.6 is 0 Å². The Hall–Kier alpha value is -7.95. The van der Waals surface area contributed by atoms with E-state index in [1.165, 1.54) is 11.1 Å². The van der Waals surface area contributed by atoms with Gasteiger partial charge in [-0.15, -0.1) is 0 Å².